The standard InChI is InChI=1S/3C6H5.Al.3ClH.H3O4P/c3*1-2-4-6-5-3-1;;;;;1-5(2,3)4/h3*1-5H;;3*1H;(H3,1,2,3,4). The molecule has 27 heavy (non-hydrogen) atoms. The Kier molecular flexibility index (Phi) is 14.9. The van der Waals surface area contributed by atoms with E-state index < -0.39 is 22.0 Å². The molecule has 0 amide bonds. The SMILES string of the molecule is Cl.Cl.Cl.O=P(O)(O)O.c1cc[c]([Al]([c]2ccccc2)[c]2ccccc2)cc1. The topological polar surface area (TPSA) is 77.8 Å². The predicted molar refractivity (Wildman–Crippen MR) is 120 cm³/mol. The van der Waals surface area contributed by atoms with Crippen molar-refractivity contribution in [2.45, 2.75) is 0 Å². The Balaban J connectivity index is 0. The van der Waals surface area contributed by atoms with Gasteiger partial charge in [-0.3, -0.25) is 0 Å². The molecule has 0 unspecified atom stereocenters. The van der Waals surface area contributed by atoms with Gasteiger partial charge in [0.05, 0.1) is 0 Å². The van der Waals surface area contributed by atoms with Crippen LogP contribution >= 0.6 is 45.0 Å². The summed E-state index contributed by atoms with van der Waals surface area (Å²) in [5.41, 5.74) is 0. The van der Waals surface area contributed by atoms with Crippen molar-refractivity contribution in [1.82, 2.24) is 0 Å². The molecule has 3 rings (SSSR count). The van der Waals surface area contributed by atoms with Gasteiger partial charge in [0.1, 0.15) is 0 Å². The number of hydrogen-bond donors (Lipinski definition) is 3. The quantitative estimate of drug-likeness (QED) is 0.410. The van der Waals surface area contributed by atoms with Gasteiger partial charge in [0, 0.05) is 0 Å². The summed E-state index contributed by atoms with van der Waals surface area (Å²) in [5, 5.41) is 0. The lowest BCUT2D eigenvalue weighted by Crippen LogP contribution is -2.51. The zero-order valence-corrected chi connectivity index (χ0v) is 18.7. The summed E-state index contributed by atoms with van der Waals surface area (Å²) in [4.78, 5) is 21.6. The molecule has 0 spiro atoms. The number of phosphoric acid groups is 1. The predicted octanol–water partition coefficient (Wildman–Crippen LogP) is 2.54. The molecule has 0 aliphatic rings. The third-order valence-corrected chi connectivity index (χ3v) is 6.55. The molecular formula is C18H21AlCl3O4P. The second kappa shape index (κ2) is 14.2. The van der Waals surface area contributed by atoms with Gasteiger partial charge in [0.25, 0.3) is 0 Å². The maximum absolute atomic E-state index is 8.88. The Morgan fingerprint density at radius 2 is 0.704 bits per heavy atom. The van der Waals surface area contributed by atoms with Crippen molar-refractivity contribution in [1.29, 1.82) is 0 Å². The fourth-order valence-electron chi connectivity index (χ4n) is 2.51. The third-order valence-electron chi connectivity index (χ3n) is 3.40. The average molecular weight is 466 g/mol. The first kappa shape index (κ1) is 28.4. The summed E-state index contributed by atoms with van der Waals surface area (Å²) in [5.74, 6) is 0. The van der Waals surface area contributed by atoms with E-state index in [1.807, 2.05) is 0 Å². The van der Waals surface area contributed by atoms with Crippen LogP contribution in [-0.4, -0.2) is 28.8 Å². The smallest absolute Gasteiger partial charge is 0.303 e. The van der Waals surface area contributed by atoms with Gasteiger partial charge in [0.2, 0.25) is 0 Å². The molecule has 0 aliphatic heterocycles. The van der Waals surface area contributed by atoms with Crippen molar-refractivity contribution < 1.29 is 19.2 Å². The Hall–Kier alpha value is -0.828. The van der Waals surface area contributed by atoms with Crippen molar-refractivity contribution >= 4 is 72.5 Å². The molecule has 0 bridgehead atoms. The monoisotopic (exact) mass is 464 g/mol. The van der Waals surface area contributed by atoms with Crippen LogP contribution in [0.15, 0.2) is 91.0 Å². The average Bonchev–Trinajstić information content (AvgIpc) is 2.57. The third kappa shape index (κ3) is 10.9. The van der Waals surface area contributed by atoms with Crippen LogP contribution in [0.3, 0.4) is 0 Å². The molecule has 146 valence electrons. The molecule has 3 N–H and O–H groups in total. The van der Waals surface area contributed by atoms with Crippen LogP contribution < -0.4 is 13.3 Å². The van der Waals surface area contributed by atoms with Crippen molar-refractivity contribution in [2.24, 2.45) is 0 Å². The lowest BCUT2D eigenvalue weighted by molar-refractivity contribution is 0.275. The highest BCUT2D eigenvalue weighted by molar-refractivity contribution is 7.45. The molecule has 9 heteroatoms. The van der Waals surface area contributed by atoms with Gasteiger partial charge >= 0.3 is 22.0 Å². The van der Waals surface area contributed by atoms with E-state index in [2.05, 4.69) is 91.0 Å². The summed E-state index contributed by atoms with van der Waals surface area (Å²) in [6.45, 7) is 0. The van der Waals surface area contributed by atoms with Gasteiger partial charge in [-0.1, -0.05) is 104 Å². The fourth-order valence-corrected chi connectivity index (χ4v) is 5.49. The lowest BCUT2D eigenvalue weighted by atomic mass is 10.3. The first-order chi connectivity index (χ1) is 11.4. The van der Waals surface area contributed by atoms with E-state index >= 15 is 0 Å². The van der Waals surface area contributed by atoms with Crippen molar-refractivity contribution in [3.05, 3.63) is 91.0 Å². The molecular weight excluding hydrogens is 445 g/mol. The largest absolute Gasteiger partial charge is 0.466 e. The van der Waals surface area contributed by atoms with E-state index in [0.717, 1.165) is 0 Å². The van der Waals surface area contributed by atoms with Gasteiger partial charge in [-0.2, -0.15) is 0 Å². The number of benzene rings is 3. The molecule has 0 radical (unpaired) electrons. The highest BCUT2D eigenvalue weighted by Crippen LogP contribution is 2.25. The Labute approximate surface area is 182 Å². The van der Waals surface area contributed by atoms with Gasteiger partial charge in [0.15, 0.2) is 0 Å². The first-order valence-electron chi connectivity index (χ1n) is 7.38. The number of hydrogen-bond acceptors (Lipinski definition) is 1. The van der Waals surface area contributed by atoms with Crippen LogP contribution in [0.5, 0.6) is 0 Å². The van der Waals surface area contributed by atoms with E-state index in [1.54, 1.807) is 0 Å². The van der Waals surface area contributed by atoms with Crippen LogP contribution in [0.2, 0.25) is 0 Å². The maximum Gasteiger partial charge on any atom is 0.466 e. The fraction of sp³-hybridized carbons (Fsp3) is 0. The second-order valence-corrected chi connectivity index (χ2v) is 9.07. The van der Waals surface area contributed by atoms with Crippen molar-refractivity contribution in [2.75, 3.05) is 0 Å². The summed E-state index contributed by atoms with van der Waals surface area (Å²) in [6, 6.07) is 32.7. The van der Waals surface area contributed by atoms with E-state index in [1.165, 1.54) is 13.3 Å². The minimum Gasteiger partial charge on any atom is -0.303 e. The minimum absolute atomic E-state index is 0. The van der Waals surface area contributed by atoms with Crippen LogP contribution in [0.4, 0.5) is 0 Å². The Morgan fingerprint density at radius 1 is 0.519 bits per heavy atom. The normalized spacial score (nSPS) is 9.30. The molecule has 3 aromatic rings. The summed E-state index contributed by atoms with van der Waals surface area (Å²) < 4.78 is 13.3. The molecule has 0 atom stereocenters. The van der Waals surface area contributed by atoms with E-state index in [9.17, 15) is 0 Å². The second-order valence-electron chi connectivity index (χ2n) is 5.18. The first-order valence-corrected chi connectivity index (χ1v) is 10.7. The van der Waals surface area contributed by atoms with E-state index in [0.29, 0.717) is 0 Å². The molecule has 3 aromatic carbocycles. The van der Waals surface area contributed by atoms with Crippen LogP contribution in [0.25, 0.3) is 0 Å². The summed E-state index contributed by atoms with van der Waals surface area (Å²) in [7, 11) is -4.64. The highest BCUT2D eigenvalue weighted by atomic mass is 35.5. The molecule has 0 aromatic heterocycles. The highest BCUT2D eigenvalue weighted by Gasteiger charge is 2.23. The molecule has 0 heterocycles. The van der Waals surface area contributed by atoms with Gasteiger partial charge in [-0.05, 0) is 0 Å². The van der Waals surface area contributed by atoms with Crippen molar-refractivity contribution in [3.8, 4) is 0 Å². The molecule has 0 saturated heterocycles. The lowest BCUT2D eigenvalue weighted by Gasteiger charge is -2.13. The molecule has 4 nitrogen and oxygen atoms in total. The zero-order valence-electron chi connectivity index (χ0n) is 14.2. The van der Waals surface area contributed by atoms with E-state index in [4.69, 9.17) is 19.2 Å². The van der Waals surface area contributed by atoms with Crippen molar-refractivity contribution in [3.63, 3.8) is 0 Å². The number of halogens is 3. The number of rotatable bonds is 3. The zero-order chi connectivity index (χ0) is 17.4. The molecule has 0 fully saturated rings. The summed E-state index contributed by atoms with van der Waals surface area (Å²) in [6.07, 6.45) is 0. The maximum atomic E-state index is 8.88. The van der Waals surface area contributed by atoms with Crippen LogP contribution in [0, 0.1) is 0 Å². The van der Waals surface area contributed by atoms with Crippen LogP contribution in [0.1, 0.15) is 0 Å². The van der Waals surface area contributed by atoms with Gasteiger partial charge in [-0.25, -0.2) is 4.57 Å². The Morgan fingerprint density at radius 3 is 0.889 bits per heavy atom. The van der Waals surface area contributed by atoms with Gasteiger partial charge in [-0.15, -0.1) is 37.2 Å². The molecule has 0 aliphatic carbocycles. The van der Waals surface area contributed by atoms with Gasteiger partial charge < -0.3 is 14.7 Å². The minimum atomic E-state index is -4.64. The Bertz CT molecular complexity index is 687. The summed E-state index contributed by atoms with van der Waals surface area (Å²) >= 11 is -1.31. The van der Waals surface area contributed by atoms with E-state index in [-0.39, 0.29) is 37.2 Å². The van der Waals surface area contributed by atoms with Crippen LogP contribution in [-0.2, 0) is 4.57 Å². The molecule has 0 saturated carbocycles.